The molecule has 0 bridgehead atoms. The standard InChI is InChI=1S/C25H26N6O5/c1-14-10-18-16(27-12-14)3-7-23(33)30(18)9-8-26-15-2-4-17-20(11-15)36-25(34)31(17)21-6-5-19-24(28-21)29-22(32)13-35-19/h3,5-7,10,12,15,17,20,26H,2,4,8-9,11,13H2,1H3,(H,28,29,32)/t15-,17-,20-/m0/s1. The zero-order valence-corrected chi connectivity index (χ0v) is 19.8. The lowest BCUT2D eigenvalue weighted by molar-refractivity contribution is -0.118. The molecule has 11 nitrogen and oxygen atoms in total. The number of nitrogens with zero attached hydrogens (tertiary/aromatic N) is 4. The van der Waals surface area contributed by atoms with E-state index in [0.717, 1.165) is 29.4 Å². The summed E-state index contributed by atoms with van der Waals surface area (Å²) in [6, 6.07) is 8.73. The Balaban J connectivity index is 1.11. The number of carbonyl (C=O) groups excluding carboxylic acids is 2. The van der Waals surface area contributed by atoms with Crippen molar-refractivity contribution < 1.29 is 19.1 Å². The minimum atomic E-state index is -0.439. The van der Waals surface area contributed by atoms with Crippen LogP contribution < -0.4 is 25.8 Å². The molecule has 36 heavy (non-hydrogen) atoms. The summed E-state index contributed by atoms with van der Waals surface area (Å²) in [6.07, 6.45) is 3.36. The third kappa shape index (κ3) is 4.05. The van der Waals surface area contributed by atoms with E-state index in [1.165, 1.54) is 0 Å². The van der Waals surface area contributed by atoms with Crippen LogP contribution in [0.5, 0.6) is 5.75 Å². The molecule has 3 aromatic rings. The fraction of sp³-hybridized carbons (Fsp3) is 0.400. The fourth-order valence-electron chi connectivity index (χ4n) is 5.27. The van der Waals surface area contributed by atoms with Crippen LogP contribution in [0, 0.1) is 6.92 Å². The van der Waals surface area contributed by atoms with Gasteiger partial charge in [-0.1, -0.05) is 0 Å². The normalized spacial score (nSPS) is 23.0. The summed E-state index contributed by atoms with van der Waals surface area (Å²) in [7, 11) is 0. The molecule has 0 radical (unpaired) electrons. The van der Waals surface area contributed by atoms with Crippen LogP contribution in [0.1, 0.15) is 24.8 Å². The van der Waals surface area contributed by atoms with E-state index in [2.05, 4.69) is 20.6 Å². The SMILES string of the molecule is Cc1cnc2ccc(=O)n(CCN[C@H]3CC[C@H]4[C@H](C3)OC(=O)N4c3ccc4c(n3)NC(=O)CO4)c2c1. The van der Waals surface area contributed by atoms with Crippen molar-refractivity contribution >= 4 is 34.7 Å². The van der Waals surface area contributed by atoms with Gasteiger partial charge >= 0.3 is 6.09 Å². The summed E-state index contributed by atoms with van der Waals surface area (Å²) in [4.78, 5) is 47.3. The van der Waals surface area contributed by atoms with Crippen molar-refractivity contribution in [3.63, 3.8) is 0 Å². The number of nitrogens with one attached hydrogen (secondary N) is 2. The first-order valence-electron chi connectivity index (χ1n) is 12.1. The van der Waals surface area contributed by atoms with Crippen LogP contribution in [-0.4, -0.2) is 57.9 Å². The predicted octanol–water partition coefficient (Wildman–Crippen LogP) is 1.97. The highest BCUT2D eigenvalue weighted by Gasteiger charge is 2.46. The number of amides is 2. The number of aromatic nitrogens is 3. The predicted molar refractivity (Wildman–Crippen MR) is 131 cm³/mol. The molecule has 1 saturated heterocycles. The maximum Gasteiger partial charge on any atom is 0.416 e. The van der Waals surface area contributed by atoms with E-state index in [-0.39, 0.29) is 36.3 Å². The number of aryl methyl sites for hydroxylation is 1. The number of ether oxygens (including phenoxy) is 2. The smallest absolute Gasteiger partial charge is 0.416 e. The van der Waals surface area contributed by atoms with Gasteiger partial charge in [-0.15, -0.1) is 0 Å². The van der Waals surface area contributed by atoms with Gasteiger partial charge in [0.2, 0.25) is 0 Å². The monoisotopic (exact) mass is 490 g/mol. The van der Waals surface area contributed by atoms with E-state index in [9.17, 15) is 14.4 Å². The molecule has 2 aliphatic heterocycles. The minimum absolute atomic E-state index is 0.0511. The summed E-state index contributed by atoms with van der Waals surface area (Å²) in [5, 5.41) is 6.22. The second-order valence-corrected chi connectivity index (χ2v) is 9.42. The fourth-order valence-corrected chi connectivity index (χ4v) is 5.27. The van der Waals surface area contributed by atoms with Gasteiger partial charge in [0.15, 0.2) is 18.2 Å². The number of hydrogen-bond donors (Lipinski definition) is 2. The molecule has 0 spiro atoms. The third-order valence-electron chi connectivity index (χ3n) is 6.99. The molecule has 5 heterocycles. The van der Waals surface area contributed by atoms with Gasteiger partial charge in [-0.3, -0.25) is 19.5 Å². The summed E-state index contributed by atoms with van der Waals surface area (Å²) >= 11 is 0. The summed E-state index contributed by atoms with van der Waals surface area (Å²) in [5.41, 5.74) is 2.57. The molecule has 2 amide bonds. The average molecular weight is 491 g/mol. The summed E-state index contributed by atoms with van der Waals surface area (Å²) in [6.45, 7) is 3.04. The number of carbonyl (C=O) groups is 2. The highest BCUT2D eigenvalue weighted by molar-refractivity contribution is 5.95. The van der Waals surface area contributed by atoms with E-state index in [0.29, 0.717) is 36.9 Å². The van der Waals surface area contributed by atoms with Gasteiger partial charge in [0.05, 0.1) is 17.1 Å². The van der Waals surface area contributed by atoms with Gasteiger partial charge < -0.3 is 24.7 Å². The van der Waals surface area contributed by atoms with Crippen molar-refractivity contribution in [2.75, 3.05) is 23.4 Å². The van der Waals surface area contributed by atoms with Crippen LogP contribution >= 0.6 is 0 Å². The van der Waals surface area contributed by atoms with Crippen LogP contribution in [0.2, 0.25) is 0 Å². The Morgan fingerprint density at radius 1 is 1.17 bits per heavy atom. The zero-order chi connectivity index (χ0) is 24.8. The molecule has 1 aliphatic carbocycles. The van der Waals surface area contributed by atoms with Gasteiger partial charge in [-0.25, -0.2) is 9.78 Å². The molecular formula is C25H26N6O5. The van der Waals surface area contributed by atoms with E-state index < -0.39 is 6.09 Å². The number of fused-ring (bicyclic) bond motifs is 3. The Labute approximate surface area is 206 Å². The lowest BCUT2D eigenvalue weighted by atomic mass is 9.88. The largest absolute Gasteiger partial charge is 0.480 e. The molecular weight excluding hydrogens is 464 g/mol. The first-order valence-corrected chi connectivity index (χ1v) is 12.1. The van der Waals surface area contributed by atoms with Crippen molar-refractivity contribution in [1.29, 1.82) is 0 Å². The zero-order valence-electron chi connectivity index (χ0n) is 19.8. The maximum absolute atomic E-state index is 12.7. The quantitative estimate of drug-likeness (QED) is 0.556. The van der Waals surface area contributed by atoms with Crippen molar-refractivity contribution in [1.82, 2.24) is 19.9 Å². The van der Waals surface area contributed by atoms with Crippen LogP contribution in [0.25, 0.3) is 11.0 Å². The molecule has 0 unspecified atom stereocenters. The van der Waals surface area contributed by atoms with Gasteiger partial charge in [-0.2, -0.15) is 0 Å². The molecule has 1 saturated carbocycles. The van der Waals surface area contributed by atoms with E-state index in [4.69, 9.17) is 9.47 Å². The van der Waals surface area contributed by atoms with Crippen LogP contribution in [0.3, 0.4) is 0 Å². The molecule has 0 aromatic carbocycles. The first kappa shape index (κ1) is 22.5. The molecule has 11 heteroatoms. The van der Waals surface area contributed by atoms with Crippen LogP contribution in [0.4, 0.5) is 16.4 Å². The number of anilines is 2. The van der Waals surface area contributed by atoms with Crippen molar-refractivity contribution in [2.45, 2.75) is 50.9 Å². The summed E-state index contributed by atoms with van der Waals surface area (Å²) < 4.78 is 12.8. The molecule has 3 aromatic heterocycles. The Morgan fingerprint density at radius 2 is 2.06 bits per heavy atom. The minimum Gasteiger partial charge on any atom is -0.480 e. The van der Waals surface area contributed by atoms with E-state index >= 15 is 0 Å². The average Bonchev–Trinajstić information content (AvgIpc) is 3.19. The number of hydrogen-bond acceptors (Lipinski definition) is 8. The number of pyridine rings is 3. The molecule has 186 valence electrons. The second kappa shape index (κ2) is 8.90. The molecule has 6 rings (SSSR count). The molecule has 2 N–H and O–H groups in total. The highest BCUT2D eigenvalue weighted by Crippen LogP contribution is 2.37. The Morgan fingerprint density at radius 3 is 2.94 bits per heavy atom. The Hall–Kier alpha value is -3.99. The lowest BCUT2D eigenvalue weighted by Crippen LogP contribution is -2.46. The van der Waals surface area contributed by atoms with E-state index in [1.54, 1.807) is 39.9 Å². The topological polar surface area (TPSA) is 128 Å². The van der Waals surface area contributed by atoms with Gasteiger partial charge in [-0.05, 0) is 49.6 Å². The van der Waals surface area contributed by atoms with Gasteiger partial charge in [0, 0.05) is 37.8 Å². The molecule has 2 fully saturated rings. The Kier molecular flexibility index (Phi) is 5.56. The lowest BCUT2D eigenvalue weighted by Gasteiger charge is -2.33. The highest BCUT2D eigenvalue weighted by atomic mass is 16.6. The van der Waals surface area contributed by atoms with Crippen molar-refractivity contribution in [2.24, 2.45) is 0 Å². The maximum atomic E-state index is 12.7. The second-order valence-electron chi connectivity index (χ2n) is 9.42. The molecule has 3 aliphatic rings. The van der Waals surface area contributed by atoms with E-state index in [1.807, 2.05) is 13.0 Å². The van der Waals surface area contributed by atoms with Gasteiger partial charge in [0.25, 0.3) is 11.5 Å². The van der Waals surface area contributed by atoms with Crippen molar-refractivity contribution in [3.8, 4) is 5.75 Å². The Bertz CT molecular complexity index is 1420. The summed E-state index contributed by atoms with van der Waals surface area (Å²) in [5.74, 6) is 0.941. The first-order chi connectivity index (χ1) is 17.5. The van der Waals surface area contributed by atoms with Crippen LogP contribution in [-0.2, 0) is 16.1 Å². The van der Waals surface area contributed by atoms with Crippen LogP contribution in [0.15, 0.2) is 41.3 Å². The third-order valence-corrected chi connectivity index (χ3v) is 6.99. The van der Waals surface area contributed by atoms with Gasteiger partial charge in [0.1, 0.15) is 11.9 Å². The van der Waals surface area contributed by atoms with Crippen molar-refractivity contribution in [3.05, 3.63) is 52.4 Å². The number of rotatable bonds is 5. The molecule has 3 atom stereocenters.